The van der Waals surface area contributed by atoms with Gasteiger partial charge >= 0.3 is 10.3 Å². The molecule has 17 nitrogen and oxygen atoms in total. The number of nitro groups is 1. The van der Waals surface area contributed by atoms with Gasteiger partial charge in [-0.1, -0.05) is 121 Å². The second kappa shape index (κ2) is 23.5. The fourth-order valence-corrected chi connectivity index (χ4v) is 9.95. The van der Waals surface area contributed by atoms with Crippen molar-refractivity contribution in [2.75, 3.05) is 15.4 Å². The van der Waals surface area contributed by atoms with E-state index in [1.54, 1.807) is 60.1 Å². The molecule has 74 heavy (non-hydrogen) atoms. The lowest BCUT2D eigenvalue weighted by Crippen LogP contribution is -2.15. The number of nitro benzene ring substituents is 1. The van der Waals surface area contributed by atoms with Crippen LogP contribution in [0.25, 0.3) is 43.8 Å². The Bertz CT molecular complexity index is 3550. The van der Waals surface area contributed by atoms with Crippen LogP contribution in [-0.2, 0) is 36.4 Å². The standard InChI is InChI=1S/C27H24N4O5S2.C27H22N4O4S/c32-16-19-5-4-8-21(13-19)25-15-28-27(36-25)30-23(14-18-9-11-22(12-10-18)31-38(33,34)35)24-17-37-26(29-24)20-6-2-1-3-7-20;32-16-19-5-4-8-21(13-19)25-15-28-27(35-25)30-23(14-18-9-11-22(12-10-18)31(33)34)24-17-36-26(29-24)20-6-2-1-3-7-20/h1-13,15,17,23,31-32H,14,16H2,(H,28,30)(H,33,34,35);1-13,15,17,23,32H,14,16H2,(H,28,30)/t2*23-/m00/s1. The number of oxazole rings is 2. The van der Waals surface area contributed by atoms with Crippen molar-refractivity contribution in [3.63, 3.8) is 0 Å². The zero-order valence-corrected chi connectivity index (χ0v) is 41.5. The minimum atomic E-state index is -4.35. The lowest BCUT2D eigenvalue weighted by atomic mass is 10.0. The normalized spacial score (nSPS) is 12.0. The zero-order valence-electron chi connectivity index (χ0n) is 39.1. The van der Waals surface area contributed by atoms with Crippen LogP contribution in [0.3, 0.4) is 0 Å². The maximum atomic E-state index is 11.1. The smallest absolute Gasteiger partial charge is 0.357 e. The molecule has 20 heteroatoms. The first kappa shape index (κ1) is 50.6. The van der Waals surface area contributed by atoms with Crippen molar-refractivity contribution in [3.05, 3.63) is 225 Å². The Morgan fingerprint density at radius 3 is 1.42 bits per heavy atom. The van der Waals surface area contributed by atoms with Crippen LogP contribution in [0.4, 0.5) is 23.4 Å². The van der Waals surface area contributed by atoms with Crippen molar-refractivity contribution in [1.29, 1.82) is 0 Å². The van der Waals surface area contributed by atoms with Crippen LogP contribution >= 0.6 is 22.7 Å². The van der Waals surface area contributed by atoms with E-state index in [-0.39, 0.29) is 36.7 Å². The molecule has 0 bridgehead atoms. The molecular weight excluding hydrogens is 1000 g/mol. The quantitative estimate of drug-likeness (QED) is 0.0250. The number of non-ortho nitro benzene ring substituents is 1. The number of thiazole rings is 2. The Morgan fingerprint density at radius 1 is 0.568 bits per heavy atom. The number of aromatic nitrogens is 4. The van der Waals surface area contributed by atoms with Gasteiger partial charge in [-0.2, -0.15) is 8.42 Å². The van der Waals surface area contributed by atoms with E-state index in [9.17, 15) is 28.7 Å². The second-order valence-corrected chi connectivity index (χ2v) is 19.5. The fourth-order valence-electron chi connectivity index (χ4n) is 7.75. The van der Waals surface area contributed by atoms with Crippen LogP contribution in [0.2, 0.25) is 0 Å². The van der Waals surface area contributed by atoms with E-state index in [2.05, 4.69) is 20.6 Å². The van der Waals surface area contributed by atoms with E-state index in [0.717, 1.165) is 65.9 Å². The molecule has 0 unspecified atom stereocenters. The monoisotopic (exact) mass is 1050 g/mol. The molecule has 10 rings (SSSR count). The number of hydrogen-bond acceptors (Lipinski definition) is 16. The molecule has 374 valence electrons. The van der Waals surface area contributed by atoms with E-state index >= 15 is 0 Å². The summed E-state index contributed by atoms with van der Waals surface area (Å²) >= 11 is 3.09. The first-order valence-corrected chi connectivity index (χ1v) is 26.1. The van der Waals surface area contributed by atoms with E-state index < -0.39 is 15.2 Å². The number of nitrogens with one attached hydrogen (secondary N) is 3. The van der Waals surface area contributed by atoms with Gasteiger partial charge < -0.3 is 29.7 Å². The van der Waals surface area contributed by atoms with Crippen molar-refractivity contribution < 1.29 is 36.9 Å². The summed E-state index contributed by atoms with van der Waals surface area (Å²) in [4.78, 5) is 29.2. The van der Waals surface area contributed by atoms with Gasteiger partial charge in [-0.15, -0.1) is 22.7 Å². The maximum Gasteiger partial charge on any atom is 0.357 e. The third-order valence-electron chi connectivity index (χ3n) is 11.4. The highest BCUT2D eigenvalue weighted by Crippen LogP contribution is 2.34. The van der Waals surface area contributed by atoms with Gasteiger partial charge in [-0.25, -0.2) is 19.9 Å². The molecule has 6 N–H and O–H groups in total. The minimum Gasteiger partial charge on any atom is -0.424 e. The van der Waals surface area contributed by atoms with Gasteiger partial charge in [0.25, 0.3) is 17.7 Å². The molecule has 4 aromatic heterocycles. The molecule has 0 spiro atoms. The maximum absolute atomic E-state index is 11.1. The molecule has 6 aromatic carbocycles. The van der Waals surface area contributed by atoms with Crippen molar-refractivity contribution in [2.24, 2.45) is 0 Å². The number of rotatable bonds is 19. The predicted octanol–water partition coefficient (Wildman–Crippen LogP) is 11.8. The summed E-state index contributed by atoms with van der Waals surface area (Å²) in [6.07, 6.45) is 4.29. The molecule has 0 aliphatic carbocycles. The SMILES string of the molecule is O=S(=O)(O)Nc1ccc(C[C@H](Nc2ncc(-c3cccc(CO)c3)o2)c2csc(-c3ccccc3)n2)cc1.O=[N+]([O-])c1ccc(C[C@H](Nc2ncc(-c3cccc(CO)c3)o2)c2csc(-c3ccccc3)n2)cc1. The van der Waals surface area contributed by atoms with Gasteiger partial charge in [0.15, 0.2) is 11.5 Å². The summed E-state index contributed by atoms with van der Waals surface area (Å²) in [6, 6.07) is 48.0. The third-order valence-corrected chi connectivity index (χ3v) is 13.7. The average Bonchev–Trinajstić information content (AvgIpc) is 4.29. The number of aliphatic hydroxyl groups excluding tert-OH is 2. The van der Waals surface area contributed by atoms with Gasteiger partial charge in [0, 0.05) is 45.1 Å². The van der Waals surface area contributed by atoms with Gasteiger partial charge in [0.1, 0.15) is 10.0 Å². The van der Waals surface area contributed by atoms with Crippen molar-refractivity contribution in [1.82, 2.24) is 19.9 Å². The summed E-state index contributed by atoms with van der Waals surface area (Å²) in [6.45, 7) is -0.126. The predicted molar refractivity (Wildman–Crippen MR) is 286 cm³/mol. The second-order valence-electron chi connectivity index (χ2n) is 16.7. The minimum absolute atomic E-state index is 0.0470. The highest BCUT2D eigenvalue weighted by Gasteiger charge is 2.22. The summed E-state index contributed by atoms with van der Waals surface area (Å²) < 4.78 is 45.3. The number of anilines is 3. The van der Waals surface area contributed by atoms with Gasteiger partial charge in [0.05, 0.1) is 59.7 Å². The highest BCUT2D eigenvalue weighted by atomic mass is 32.2. The summed E-state index contributed by atoms with van der Waals surface area (Å²) in [5.41, 5.74) is 8.96. The zero-order chi connectivity index (χ0) is 51.4. The van der Waals surface area contributed by atoms with Gasteiger partial charge in [0.2, 0.25) is 0 Å². The average molecular weight is 1050 g/mol. The van der Waals surface area contributed by atoms with Crippen LogP contribution in [0, 0.1) is 10.1 Å². The number of aliphatic hydroxyl groups is 2. The first-order chi connectivity index (χ1) is 35.9. The summed E-state index contributed by atoms with van der Waals surface area (Å²) in [7, 11) is -4.35. The van der Waals surface area contributed by atoms with Crippen LogP contribution in [0.5, 0.6) is 0 Å². The van der Waals surface area contributed by atoms with Gasteiger partial charge in [-0.3, -0.25) is 19.4 Å². The summed E-state index contributed by atoms with van der Waals surface area (Å²) in [5, 5.41) is 42.4. The van der Waals surface area contributed by atoms with E-state index in [1.807, 2.05) is 125 Å². The van der Waals surface area contributed by atoms with E-state index in [1.165, 1.54) is 23.5 Å². The Hall–Kier alpha value is -8.37. The molecule has 0 saturated carbocycles. The van der Waals surface area contributed by atoms with Crippen LogP contribution in [-0.4, -0.2) is 48.0 Å². The lowest BCUT2D eigenvalue weighted by molar-refractivity contribution is -0.384. The molecule has 0 aliphatic heterocycles. The highest BCUT2D eigenvalue weighted by molar-refractivity contribution is 7.87. The largest absolute Gasteiger partial charge is 0.424 e. The Kier molecular flexibility index (Phi) is 16.0. The Morgan fingerprint density at radius 2 is 1.00 bits per heavy atom. The molecule has 0 saturated heterocycles. The molecular formula is C54H46N8O9S3. The number of benzene rings is 6. The van der Waals surface area contributed by atoms with Crippen molar-refractivity contribution in [3.8, 4) is 43.8 Å². The van der Waals surface area contributed by atoms with E-state index in [4.69, 9.17) is 23.4 Å². The molecule has 2 atom stereocenters. The van der Waals surface area contributed by atoms with Crippen LogP contribution in [0.1, 0.15) is 45.7 Å². The Balaban J connectivity index is 0.000000182. The van der Waals surface area contributed by atoms with Crippen molar-refractivity contribution >= 4 is 56.4 Å². The van der Waals surface area contributed by atoms with Crippen LogP contribution < -0.4 is 15.4 Å². The van der Waals surface area contributed by atoms with Crippen molar-refractivity contribution in [2.45, 2.75) is 38.1 Å². The molecule has 10 aromatic rings. The fraction of sp³-hybridized carbons (Fsp3) is 0.111. The van der Waals surface area contributed by atoms with Crippen LogP contribution in [0.15, 0.2) is 190 Å². The third kappa shape index (κ3) is 13.4. The number of hydrogen-bond donors (Lipinski definition) is 6. The number of nitrogens with zero attached hydrogens (tertiary/aromatic N) is 5. The summed E-state index contributed by atoms with van der Waals surface area (Å²) in [5.74, 6) is 1.13. The lowest BCUT2D eigenvalue weighted by Gasteiger charge is -2.16. The first-order valence-electron chi connectivity index (χ1n) is 22.9. The topological polar surface area (TPSA) is 252 Å². The molecule has 0 radical (unpaired) electrons. The molecule has 0 fully saturated rings. The molecule has 4 heterocycles. The Labute approximate surface area is 433 Å². The van der Waals surface area contributed by atoms with E-state index in [0.29, 0.717) is 36.4 Å². The molecule has 0 amide bonds. The molecule has 0 aliphatic rings. The van der Waals surface area contributed by atoms with Gasteiger partial charge in [-0.05, 0) is 59.4 Å².